The van der Waals surface area contributed by atoms with Gasteiger partial charge >= 0.3 is 0 Å². The van der Waals surface area contributed by atoms with Gasteiger partial charge in [0.2, 0.25) is 0 Å². The standard InChI is InChI=1S/C15H24N2O2/c1-12-5-3-4-6-14(12)16-13-7-8-15(18)17(11-13)9-10-19-2/h7-8,11-12,14,16H,3-6,9-10H2,1-2H3. The van der Waals surface area contributed by atoms with Crippen molar-refractivity contribution in [1.29, 1.82) is 0 Å². The summed E-state index contributed by atoms with van der Waals surface area (Å²) in [4.78, 5) is 11.7. The van der Waals surface area contributed by atoms with E-state index in [9.17, 15) is 4.79 Å². The van der Waals surface area contributed by atoms with Crippen molar-refractivity contribution in [2.24, 2.45) is 5.92 Å². The average Bonchev–Trinajstić information content (AvgIpc) is 2.42. The highest BCUT2D eigenvalue weighted by Gasteiger charge is 2.20. The van der Waals surface area contributed by atoms with Crippen LogP contribution in [-0.4, -0.2) is 24.3 Å². The van der Waals surface area contributed by atoms with Crippen molar-refractivity contribution in [3.05, 3.63) is 28.7 Å². The predicted octanol–water partition coefficient (Wildman–Crippen LogP) is 2.49. The van der Waals surface area contributed by atoms with E-state index < -0.39 is 0 Å². The Morgan fingerprint density at radius 3 is 2.89 bits per heavy atom. The lowest BCUT2D eigenvalue weighted by molar-refractivity contribution is 0.186. The highest BCUT2D eigenvalue weighted by Crippen LogP contribution is 2.26. The third kappa shape index (κ3) is 3.83. The third-order valence-corrected chi connectivity index (χ3v) is 3.98. The number of pyridine rings is 1. The maximum Gasteiger partial charge on any atom is 0.250 e. The number of rotatable bonds is 5. The molecule has 2 rings (SSSR count). The molecule has 0 amide bonds. The van der Waals surface area contributed by atoms with E-state index in [-0.39, 0.29) is 5.56 Å². The molecule has 1 aliphatic rings. The molecule has 4 nitrogen and oxygen atoms in total. The number of hydrogen-bond acceptors (Lipinski definition) is 3. The highest BCUT2D eigenvalue weighted by atomic mass is 16.5. The summed E-state index contributed by atoms with van der Waals surface area (Å²) < 4.78 is 6.74. The van der Waals surface area contributed by atoms with E-state index in [1.165, 1.54) is 25.7 Å². The summed E-state index contributed by atoms with van der Waals surface area (Å²) in [5, 5.41) is 3.57. The smallest absolute Gasteiger partial charge is 0.250 e. The van der Waals surface area contributed by atoms with Gasteiger partial charge in [-0.2, -0.15) is 0 Å². The number of anilines is 1. The molecule has 1 N–H and O–H groups in total. The van der Waals surface area contributed by atoms with Gasteiger partial charge in [0.25, 0.3) is 5.56 Å². The molecule has 2 atom stereocenters. The van der Waals surface area contributed by atoms with Gasteiger partial charge in [0.1, 0.15) is 0 Å². The van der Waals surface area contributed by atoms with Crippen LogP contribution in [0.3, 0.4) is 0 Å². The molecule has 1 aliphatic carbocycles. The van der Waals surface area contributed by atoms with Gasteiger partial charge in [0, 0.05) is 32.0 Å². The van der Waals surface area contributed by atoms with Crippen LogP contribution < -0.4 is 10.9 Å². The SMILES string of the molecule is COCCn1cc(NC2CCCCC2C)ccc1=O. The van der Waals surface area contributed by atoms with Crippen molar-refractivity contribution in [1.82, 2.24) is 4.57 Å². The van der Waals surface area contributed by atoms with E-state index in [2.05, 4.69) is 12.2 Å². The van der Waals surface area contributed by atoms with Crippen molar-refractivity contribution >= 4 is 5.69 Å². The maximum absolute atomic E-state index is 11.7. The fraction of sp³-hybridized carbons (Fsp3) is 0.667. The van der Waals surface area contributed by atoms with Gasteiger partial charge in [0.15, 0.2) is 0 Å². The second-order valence-electron chi connectivity index (χ2n) is 5.45. The van der Waals surface area contributed by atoms with E-state index in [1.807, 2.05) is 12.3 Å². The van der Waals surface area contributed by atoms with Crippen LogP contribution >= 0.6 is 0 Å². The molecule has 1 heterocycles. The second kappa shape index (κ2) is 6.75. The summed E-state index contributed by atoms with van der Waals surface area (Å²) in [6, 6.07) is 4.04. The topological polar surface area (TPSA) is 43.3 Å². The van der Waals surface area contributed by atoms with E-state index in [1.54, 1.807) is 17.7 Å². The molecule has 2 unspecified atom stereocenters. The molecule has 0 bridgehead atoms. The molecule has 0 spiro atoms. The van der Waals surface area contributed by atoms with Crippen LogP contribution in [0.25, 0.3) is 0 Å². The minimum absolute atomic E-state index is 0.0271. The molecule has 0 saturated heterocycles. The minimum atomic E-state index is 0.0271. The highest BCUT2D eigenvalue weighted by molar-refractivity contribution is 5.41. The second-order valence-corrected chi connectivity index (χ2v) is 5.45. The fourth-order valence-corrected chi connectivity index (χ4v) is 2.73. The average molecular weight is 264 g/mol. The molecule has 1 saturated carbocycles. The number of hydrogen-bond donors (Lipinski definition) is 1. The Morgan fingerprint density at radius 1 is 1.37 bits per heavy atom. The van der Waals surface area contributed by atoms with E-state index in [0.717, 1.165) is 5.69 Å². The van der Waals surface area contributed by atoms with E-state index >= 15 is 0 Å². The number of ether oxygens (including phenoxy) is 1. The first-order chi connectivity index (χ1) is 9.20. The maximum atomic E-state index is 11.7. The summed E-state index contributed by atoms with van der Waals surface area (Å²) in [6.07, 6.45) is 7.06. The summed E-state index contributed by atoms with van der Waals surface area (Å²) in [5.74, 6) is 0.702. The molecule has 4 heteroatoms. The van der Waals surface area contributed by atoms with Crippen LogP contribution in [0.2, 0.25) is 0 Å². The molecule has 1 aromatic heterocycles. The van der Waals surface area contributed by atoms with Crippen molar-refractivity contribution < 1.29 is 4.74 Å². The Kier molecular flexibility index (Phi) is 5.02. The van der Waals surface area contributed by atoms with Gasteiger partial charge in [-0.05, 0) is 24.8 Å². The van der Waals surface area contributed by atoms with Crippen LogP contribution in [0.15, 0.2) is 23.1 Å². The van der Waals surface area contributed by atoms with Gasteiger partial charge < -0.3 is 14.6 Å². The Balaban J connectivity index is 2.05. The molecule has 0 radical (unpaired) electrons. The van der Waals surface area contributed by atoms with Crippen LogP contribution in [0.4, 0.5) is 5.69 Å². The molecular weight excluding hydrogens is 240 g/mol. The molecular formula is C15H24N2O2. The third-order valence-electron chi connectivity index (χ3n) is 3.98. The molecule has 1 fully saturated rings. The normalized spacial score (nSPS) is 23.3. The van der Waals surface area contributed by atoms with E-state index in [0.29, 0.717) is 25.1 Å². The van der Waals surface area contributed by atoms with E-state index in [4.69, 9.17) is 4.74 Å². The summed E-state index contributed by atoms with van der Waals surface area (Å²) >= 11 is 0. The van der Waals surface area contributed by atoms with Crippen LogP contribution in [0, 0.1) is 5.92 Å². The predicted molar refractivity (Wildman–Crippen MR) is 77.6 cm³/mol. The van der Waals surface area contributed by atoms with Gasteiger partial charge in [-0.15, -0.1) is 0 Å². The van der Waals surface area contributed by atoms with Gasteiger partial charge in [-0.3, -0.25) is 4.79 Å². The zero-order chi connectivity index (χ0) is 13.7. The number of nitrogens with zero attached hydrogens (tertiary/aromatic N) is 1. The van der Waals surface area contributed by atoms with Gasteiger partial charge in [-0.1, -0.05) is 19.8 Å². The quantitative estimate of drug-likeness (QED) is 0.888. The zero-order valence-corrected chi connectivity index (χ0v) is 11.9. The van der Waals surface area contributed by atoms with Gasteiger partial charge in [-0.25, -0.2) is 0 Å². The molecule has 106 valence electrons. The molecule has 1 aromatic rings. The van der Waals surface area contributed by atoms with Crippen molar-refractivity contribution in [3.63, 3.8) is 0 Å². The Hall–Kier alpha value is -1.29. The lowest BCUT2D eigenvalue weighted by atomic mass is 9.86. The summed E-state index contributed by atoms with van der Waals surface area (Å²) in [6.45, 7) is 3.46. The number of aromatic nitrogens is 1. The van der Waals surface area contributed by atoms with Crippen LogP contribution in [0.1, 0.15) is 32.6 Å². The number of nitrogens with one attached hydrogen (secondary N) is 1. The monoisotopic (exact) mass is 264 g/mol. The zero-order valence-electron chi connectivity index (χ0n) is 11.9. The van der Waals surface area contributed by atoms with Crippen molar-refractivity contribution in [3.8, 4) is 0 Å². The Morgan fingerprint density at radius 2 is 2.16 bits per heavy atom. The first-order valence-corrected chi connectivity index (χ1v) is 7.16. The molecule has 0 aromatic carbocycles. The number of methoxy groups -OCH3 is 1. The first kappa shape index (κ1) is 14.1. The van der Waals surface area contributed by atoms with Crippen molar-refractivity contribution in [2.45, 2.75) is 45.2 Å². The fourth-order valence-electron chi connectivity index (χ4n) is 2.73. The largest absolute Gasteiger partial charge is 0.383 e. The summed E-state index contributed by atoms with van der Waals surface area (Å²) in [5.41, 5.74) is 1.06. The minimum Gasteiger partial charge on any atom is -0.383 e. The Labute approximate surface area is 114 Å². The van der Waals surface area contributed by atoms with Crippen molar-refractivity contribution in [2.75, 3.05) is 19.0 Å². The lowest BCUT2D eigenvalue weighted by Crippen LogP contribution is -2.31. The van der Waals surface area contributed by atoms with Crippen LogP contribution in [-0.2, 0) is 11.3 Å². The van der Waals surface area contributed by atoms with Gasteiger partial charge in [0.05, 0.1) is 12.3 Å². The van der Waals surface area contributed by atoms with Crippen LogP contribution in [0.5, 0.6) is 0 Å². The molecule has 19 heavy (non-hydrogen) atoms. The molecule has 0 aliphatic heterocycles. The first-order valence-electron chi connectivity index (χ1n) is 7.16. The Bertz CT molecular complexity index is 456. The lowest BCUT2D eigenvalue weighted by Gasteiger charge is -2.30. The summed E-state index contributed by atoms with van der Waals surface area (Å²) in [7, 11) is 1.65.